The number of hydrogen-bond acceptors (Lipinski definition) is 3. The van der Waals surface area contributed by atoms with Crippen LogP contribution in [0.5, 0.6) is 0 Å². The maximum absolute atomic E-state index is 12.1. The summed E-state index contributed by atoms with van der Waals surface area (Å²) in [7, 11) is 0. The summed E-state index contributed by atoms with van der Waals surface area (Å²) in [5.74, 6) is -0.0626. The molecule has 0 aliphatic heterocycles. The lowest BCUT2D eigenvalue weighted by Gasteiger charge is -2.08. The first-order valence-corrected chi connectivity index (χ1v) is 7.19. The van der Waals surface area contributed by atoms with Crippen molar-refractivity contribution in [2.45, 2.75) is 11.4 Å². The third-order valence-corrected chi connectivity index (χ3v) is 3.55. The van der Waals surface area contributed by atoms with Crippen LogP contribution in [0.3, 0.4) is 0 Å². The average molecular weight is 272 g/mol. The Kier molecular flexibility index (Phi) is 4.47. The number of nitrogens with one attached hydrogen (secondary N) is 1. The molecule has 3 nitrogen and oxygen atoms in total. The average Bonchev–Trinajstić information content (AvgIpc) is 2.45. The molecule has 0 heterocycles. The fourth-order valence-corrected chi connectivity index (χ4v) is 2.41. The summed E-state index contributed by atoms with van der Waals surface area (Å²) in [4.78, 5) is 13.1. The van der Waals surface area contributed by atoms with Gasteiger partial charge in [0, 0.05) is 17.1 Å². The molecule has 19 heavy (non-hydrogen) atoms. The largest absolute Gasteiger partial charge is 0.399 e. The number of nitrogens with two attached hydrogens (primary N) is 1. The molecule has 0 saturated carbocycles. The molecule has 2 aromatic rings. The minimum absolute atomic E-state index is 0.0626. The molecule has 1 amide bonds. The molecule has 0 fully saturated rings. The summed E-state index contributed by atoms with van der Waals surface area (Å²) in [5.41, 5.74) is 8.11. The van der Waals surface area contributed by atoms with Crippen molar-refractivity contribution in [1.29, 1.82) is 0 Å². The maximum Gasteiger partial charge on any atom is 0.252 e. The van der Waals surface area contributed by atoms with Gasteiger partial charge in [-0.2, -0.15) is 0 Å². The number of carbonyl (C=O) groups excluding carboxylic acids is 1. The van der Waals surface area contributed by atoms with Crippen LogP contribution >= 0.6 is 11.8 Å². The zero-order chi connectivity index (χ0) is 13.7. The van der Waals surface area contributed by atoms with Gasteiger partial charge in [-0.3, -0.25) is 4.79 Å². The van der Waals surface area contributed by atoms with Crippen LogP contribution in [0.2, 0.25) is 0 Å². The van der Waals surface area contributed by atoms with Gasteiger partial charge in [0.2, 0.25) is 0 Å². The van der Waals surface area contributed by atoms with Gasteiger partial charge in [-0.25, -0.2) is 0 Å². The number of anilines is 1. The molecule has 4 heteroatoms. The third kappa shape index (κ3) is 3.51. The number of benzene rings is 2. The van der Waals surface area contributed by atoms with Crippen LogP contribution in [0.15, 0.2) is 53.4 Å². The first kappa shape index (κ1) is 13.5. The predicted octanol–water partition coefficient (Wildman–Crippen LogP) is 2.92. The maximum atomic E-state index is 12.1. The van der Waals surface area contributed by atoms with Gasteiger partial charge < -0.3 is 11.1 Å². The topological polar surface area (TPSA) is 55.1 Å². The van der Waals surface area contributed by atoms with Gasteiger partial charge in [-0.1, -0.05) is 24.3 Å². The van der Waals surface area contributed by atoms with Crippen LogP contribution < -0.4 is 11.1 Å². The van der Waals surface area contributed by atoms with Crippen LogP contribution in [-0.2, 0) is 6.54 Å². The zero-order valence-corrected chi connectivity index (χ0v) is 11.5. The SMILES string of the molecule is CSc1ccccc1C(=O)NCc1cccc(N)c1. The fourth-order valence-electron chi connectivity index (χ4n) is 1.81. The summed E-state index contributed by atoms with van der Waals surface area (Å²) in [6.07, 6.45) is 1.96. The van der Waals surface area contributed by atoms with E-state index in [1.165, 1.54) is 0 Å². The molecule has 2 aromatic carbocycles. The van der Waals surface area contributed by atoms with Crippen LogP contribution in [0, 0.1) is 0 Å². The lowest BCUT2D eigenvalue weighted by molar-refractivity contribution is 0.0948. The molecular formula is C15H16N2OS. The fraction of sp³-hybridized carbons (Fsp3) is 0.133. The lowest BCUT2D eigenvalue weighted by atomic mass is 10.2. The Bertz CT molecular complexity index is 584. The Morgan fingerprint density at radius 1 is 1.21 bits per heavy atom. The molecule has 0 radical (unpaired) electrons. The highest BCUT2D eigenvalue weighted by Gasteiger charge is 2.09. The normalized spacial score (nSPS) is 10.2. The predicted molar refractivity (Wildman–Crippen MR) is 80.2 cm³/mol. The van der Waals surface area contributed by atoms with Crippen molar-refractivity contribution >= 4 is 23.4 Å². The first-order chi connectivity index (χ1) is 9.20. The van der Waals surface area contributed by atoms with E-state index in [-0.39, 0.29) is 5.91 Å². The highest BCUT2D eigenvalue weighted by Crippen LogP contribution is 2.19. The molecule has 0 saturated heterocycles. The quantitative estimate of drug-likeness (QED) is 0.664. The minimum Gasteiger partial charge on any atom is -0.399 e. The highest BCUT2D eigenvalue weighted by atomic mass is 32.2. The van der Waals surface area contributed by atoms with E-state index in [2.05, 4.69) is 5.32 Å². The molecule has 0 aliphatic carbocycles. The van der Waals surface area contributed by atoms with Gasteiger partial charge in [0.05, 0.1) is 5.56 Å². The van der Waals surface area contributed by atoms with E-state index in [4.69, 9.17) is 5.73 Å². The van der Waals surface area contributed by atoms with Crippen molar-refractivity contribution in [1.82, 2.24) is 5.32 Å². The second kappa shape index (κ2) is 6.29. The third-order valence-electron chi connectivity index (χ3n) is 2.76. The number of hydrogen-bond donors (Lipinski definition) is 2. The summed E-state index contributed by atoms with van der Waals surface area (Å²) in [6, 6.07) is 15.1. The summed E-state index contributed by atoms with van der Waals surface area (Å²) >= 11 is 1.57. The van der Waals surface area contributed by atoms with Crippen molar-refractivity contribution in [2.24, 2.45) is 0 Å². The van der Waals surface area contributed by atoms with Crippen LogP contribution in [0.4, 0.5) is 5.69 Å². The number of nitrogen functional groups attached to an aromatic ring is 1. The van der Waals surface area contributed by atoms with E-state index in [9.17, 15) is 4.79 Å². The second-order valence-electron chi connectivity index (χ2n) is 4.13. The number of rotatable bonds is 4. The van der Waals surface area contributed by atoms with Crippen LogP contribution in [-0.4, -0.2) is 12.2 Å². The molecule has 98 valence electrons. The van der Waals surface area contributed by atoms with Crippen molar-refractivity contribution in [3.63, 3.8) is 0 Å². The van der Waals surface area contributed by atoms with E-state index >= 15 is 0 Å². The molecule has 0 atom stereocenters. The number of thioether (sulfide) groups is 1. The van der Waals surface area contributed by atoms with Crippen molar-refractivity contribution in [3.05, 3.63) is 59.7 Å². The Balaban J connectivity index is 2.05. The Morgan fingerprint density at radius 2 is 2.00 bits per heavy atom. The van der Waals surface area contributed by atoms with E-state index in [1.807, 2.05) is 54.8 Å². The Hall–Kier alpha value is -1.94. The first-order valence-electron chi connectivity index (χ1n) is 5.96. The molecule has 3 N–H and O–H groups in total. The monoisotopic (exact) mass is 272 g/mol. The molecular weight excluding hydrogens is 256 g/mol. The van der Waals surface area contributed by atoms with E-state index in [0.717, 1.165) is 10.5 Å². The van der Waals surface area contributed by atoms with Gasteiger partial charge in [0.15, 0.2) is 0 Å². The summed E-state index contributed by atoms with van der Waals surface area (Å²) in [5, 5.41) is 2.91. The summed E-state index contributed by atoms with van der Waals surface area (Å²) in [6.45, 7) is 0.479. The van der Waals surface area contributed by atoms with Gasteiger partial charge >= 0.3 is 0 Å². The number of amides is 1. The molecule has 0 bridgehead atoms. The van der Waals surface area contributed by atoms with Crippen LogP contribution in [0.1, 0.15) is 15.9 Å². The molecule has 0 spiro atoms. The molecule has 0 unspecified atom stereocenters. The Morgan fingerprint density at radius 3 is 2.74 bits per heavy atom. The second-order valence-corrected chi connectivity index (χ2v) is 4.98. The van der Waals surface area contributed by atoms with Crippen LogP contribution in [0.25, 0.3) is 0 Å². The number of carbonyl (C=O) groups is 1. The van der Waals surface area contributed by atoms with E-state index in [1.54, 1.807) is 11.8 Å². The van der Waals surface area contributed by atoms with Gasteiger partial charge in [0.25, 0.3) is 5.91 Å². The zero-order valence-electron chi connectivity index (χ0n) is 10.7. The Labute approximate surface area is 117 Å². The molecule has 2 rings (SSSR count). The van der Waals surface area contributed by atoms with Gasteiger partial charge in [-0.15, -0.1) is 11.8 Å². The lowest BCUT2D eigenvalue weighted by Crippen LogP contribution is -2.23. The van der Waals surface area contributed by atoms with Crippen molar-refractivity contribution in [2.75, 3.05) is 12.0 Å². The smallest absolute Gasteiger partial charge is 0.252 e. The van der Waals surface area contributed by atoms with Gasteiger partial charge in [0.1, 0.15) is 0 Å². The molecule has 0 aliphatic rings. The highest BCUT2D eigenvalue weighted by molar-refractivity contribution is 7.98. The summed E-state index contributed by atoms with van der Waals surface area (Å²) < 4.78 is 0. The van der Waals surface area contributed by atoms with Crippen molar-refractivity contribution < 1.29 is 4.79 Å². The van der Waals surface area contributed by atoms with E-state index < -0.39 is 0 Å². The molecule has 0 aromatic heterocycles. The standard InChI is InChI=1S/C15H16N2OS/c1-19-14-8-3-2-7-13(14)15(18)17-10-11-5-4-6-12(16)9-11/h2-9H,10,16H2,1H3,(H,17,18). The van der Waals surface area contributed by atoms with Crippen molar-refractivity contribution in [3.8, 4) is 0 Å². The van der Waals surface area contributed by atoms with Gasteiger partial charge in [-0.05, 0) is 36.1 Å². The van der Waals surface area contributed by atoms with E-state index in [0.29, 0.717) is 17.8 Å². The minimum atomic E-state index is -0.0626.